The van der Waals surface area contributed by atoms with E-state index in [1.165, 1.54) is 19.1 Å². The fourth-order valence-electron chi connectivity index (χ4n) is 1.63. The summed E-state index contributed by atoms with van der Waals surface area (Å²) in [5.41, 5.74) is 0.886. The van der Waals surface area contributed by atoms with Crippen molar-refractivity contribution in [2.24, 2.45) is 0 Å². The number of halogens is 1. The average molecular weight is 401 g/mol. The Balaban J connectivity index is 2.38. The van der Waals surface area contributed by atoms with E-state index < -0.39 is 10.0 Å². The second-order valence-corrected chi connectivity index (χ2v) is 7.01. The molecule has 0 saturated carbocycles. The van der Waals surface area contributed by atoms with E-state index in [-0.39, 0.29) is 10.7 Å². The molecule has 0 aliphatic rings. The number of anilines is 1. The lowest BCUT2D eigenvalue weighted by Crippen LogP contribution is -2.14. The Bertz CT molecular complexity index is 757. The molecule has 0 aromatic heterocycles. The number of carbonyl (C=O) groups excluding carboxylic acids is 1. The van der Waals surface area contributed by atoms with Gasteiger partial charge in [-0.25, -0.2) is 8.42 Å². The van der Waals surface area contributed by atoms with Crippen LogP contribution in [0.25, 0.3) is 0 Å². The number of hydrogen-bond donors (Lipinski definition) is 1. The van der Waals surface area contributed by atoms with Crippen molar-refractivity contribution in [1.82, 2.24) is 0 Å². The Kier molecular flexibility index (Phi) is 4.44. The number of benzene rings is 2. The first kappa shape index (κ1) is 15.0. The Labute approximate surface area is 131 Å². The van der Waals surface area contributed by atoms with E-state index in [1.54, 1.807) is 24.3 Å². The van der Waals surface area contributed by atoms with Crippen molar-refractivity contribution >= 4 is 44.1 Å². The Morgan fingerprint density at radius 1 is 1.10 bits per heavy atom. The highest BCUT2D eigenvalue weighted by Gasteiger charge is 2.16. The van der Waals surface area contributed by atoms with Crippen molar-refractivity contribution in [3.63, 3.8) is 0 Å². The molecule has 6 heteroatoms. The number of para-hydroxylation sites is 1. The summed E-state index contributed by atoms with van der Waals surface area (Å²) in [5.74, 6) is -0.170. The van der Waals surface area contributed by atoms with Gasteiger partial charge in [0.2, 0.25) is 0 Å². The van der Waals surface area contributed by atoms with Crippen molar-refractivity contribution in [2.45, 2.75) is 11.8 Å². The minimum absolute atomic E-state index is 0.0739. The summed E-state index contributed by atoms with van der Waals surface area (Å²) >= 11 is 2.06. The zero-order chi connectivity index (χ0) is 14.8. The first-order chi connectivity index (χ1) is 9.40. The molecule has 0 atom stereocenters. The number of carbonyl (C=O) groups is 1. The molecule has 0 bridgehead atoms. The van der Waals surface area contributed by atoms with Crippen LogP contribution in [-0.4, -0.2) is 14.2 Å². The van der Waals surface area contributed by atoms with Gasteiger partial charge in [0.05, 0.1) is 10.6 Å². The predicted octanol–water partition coefficient (Wildman–Crippen LogP) is 3.29. The summed E-state index contributed by atoms with van der Waals surface area (Å²) in [4.78, 5) is 11.4. The molecule has 0 amide bonds. The van der Waals surface area contributed by atoms with E-state index in [4.69, 9.17) is 0 Å². The highest BCUT2D eigenvalue weighted by Crippen LogP contribution is 2.21. The third-order valence-electron chi connectivity index (χ3n) is 2.67. The van der Waals surface area contributed by atoms with Crippen LogP contribution in [-0.2, 0) is 10.0 Å². The SMILES string of the molecule is CC(=O)c1cccc(S(=O)(=O)Nc2ccccc2I)c1. The zero-order valence-electron chi connectivity index (χ0n) is 10.6. The molecule has 2 rings (SSSR count). The van der Waals surface area contributed by atoms with E-state index in [0.717, 1.165) is 3.57 Å². The monoisotopic (exact) mass is 401 g/mol. The van der Waals surface area contributed by atoms with Crippen LogP contribution in [0.2, 0.25) is 0 Å². The second-order valence-electron chi connectivity index (χ2n) is 4.17. The van der Waals surface area contributed by atoms with Gasteiger partial charge in [0.15, 0.2) is 5.78 Å². The fraction of sp³-hybridized carbons (Fsp3) is 0.0714. The van der Waals surface area contributed by atoms with Gasteiger partial charge < -0.3 is 0 Å². The molecule has 0 radical (unpaired) electrons. The molecule has 0 unspecified atom stereocenters. The molecular formula is C14H12INO3S. The topological polar surface area (TPSA) is 63.2 Å². The molecular weight excluding hydrogens is 389 g/mol. The standard InChI is InChI=1S/C14H12INO3S/c1-10(17)11-5-4-6-12(9-11)20(18,19)16-14-8-3-2-7-13(14)15/h2-9,16H,1H3. The van der Waals surface area contributed by atoms with Gasteiger partial charge in [-0.2, -0.15) is 0 Å². The lowest BCUT2D eigenvalue weighted by Gasteiger charge is -2.10. The van der Waals surface area contributed by atoms with Gasteiger partial charge in [-0.3, -0.25) is 9.52 Å². The van der Waals surface area contributed by atoms with Crippen LogP contribution in [0.15, 0.2) is 53.4 Å². The van der Waals surface area contributed by atoms with Crippen molar-refractivity contribution in [3.8, 4) is 0 Å². The Hall–Kier alpha value is -1.41. The average Bonchev–Trinajstić information content (AvgIpc) is 2.41. The predicted molar refractivity (Wildman–Crippen MR) is 86.4 cm³/mol. The molecule has 0 heterocycles. The third kappa shape index (κ3) is 3.37. The van der Waals surface area contributed by atoms with Crippen LogP contribution in [0, 0.1) is 3.57 Å². The molecule has 0 spiro atoms. The van der Waals surface area contributed by atoms with Gasteiger partial charge in [-0.15, -0.1) is 0 Å². The molecule has 0 fully saturated rings. The summed E-state index contributed by atoms with van der Waals surface area (Å²) in [5, 5.41) is 0. The van der Waals surface area contributed by atoms with Crippen molar-refractivity contribution in [3.05, 3.63) is 57.7 Å². The summed E-state index contributed by atoms with van der Waals surface area (Å²) < 4.78 is 27.9. The molecule has 104 valence electrons. The largest absolute Gasteiger partial charge is 0.295 e. The van der Waals surface area contributed by atoms with Crippen LogP contribution in [0.1, 0.15) is 17.3 Å². The minimum Gasteiger partial charge on any atom is -0.295 e. The normalized spacial score (nSPS) is 11.1. The van der Waals surface area contributed by atoms with Gasteiger partial charge in [-0.1, -0.05) is 24.3 Å². The van der Waals surface area contributed by atoms with Crippen LogP contribution >= 0.6 is 22.6 Å². The number of sulfonamides is 1. The van der Waals surface area contributed by atoms with Crippen molar-refractivity contribution in [1.29, 1.82) is 0 Å². The second kappa shape index (κ2) is 5.92. The molecule has 20 heavy (non-hydrogen) atoms. The summed E-state index contributed by atoms with van der Waals surface area (Å²) in [7, 11) is -3.70. The van der Waals surface area contributed by atoms with Crippen LogP contribution < -0.4 is 4.72 Å². The van der Waals surface area contributed by atoms with E-state index >= 15 is 0 Å². The maximum atomic E-state index is 12.3. The minimum atomic E-state index is -3.70. The maximum absolute atomic E-state index is 12.3. The van der Waals surface area contributed by atoms with Crippen LogP contribution in [0.4, 0.5) is 5.69 Å². The summed E-state index contributed by atoms with van der Waals surface area (Å²) in [6.45, 7) is 1.40. The molecule has 0 aliphatic heterocycles. The number of ketones is 1. The summed E-state index contributed by atoms with van der Waals surface area (Å²) in [6.07, 6.45) is 0. The van der Waals surface area contributed by atoms with Gasteiger partial charge in [0.25, 0.3) is 10.0 Å². The Morgan fingerprint density at radius 3 is 2.45 bits per heavy atom. The molecule has 0 saturated heterocycles. The van der Waals surface area contributed by atoms with Crippen molar-refractivity contribution < 1.29 is 13.2 Å². The highest BCUT2D eigenvalue weighted by atomic mass is 127. The smallest absolute Gasteiger partial charge is 0.261 e. The third-order valence-corrected chi connectivity index (χ3v) is 4.97. The first-order valence-electron chi connectivity index (χ1n) is 5.78. The number of nitrogens with one attached hydrogen (secondary N) is 1. The first-order valence-corrected chi connectivity index (χ1v) is 8.35. The van der Waals surface area contributed by atoms with Crippen molar-refractivity contribution in [2.75, 3.05) is 4.72 Å². The maximum Gasteiger partial charge on any atom is 0.261 e. The van der Waals surface area contributed by atoms with Gasteiger partial charge in [0.1, 0.15) is 0 Å². The number of hydrogen-bond acceptors (Lipinski definition) is 3. The Morgan fingerprint density at radius 2 is 1.80 bits per heavy atom. The van der Waals surface area contributed by atoms with Crippen LogP contribution in [0.5, 0.6) is 0 Å². The number of Topliss-reactive ketones (excluding diaryl/α,β-unsaturated/α-hetero) is 1. The molecule has 2 aromatic rings. The number of rotatable bonds is 4. The van der Waals surface area contributed by atoms with E-state index in [1.807, 2.05) is 12.1 Å². The van der Waals surface area contributed by atoms with Gasteiger partial charge in [0, 0.05) is 9.13 Å². The van der Waals surface area contributed by atoms with Gasteiger partial charge >= 0.3 is 0 Å². The molecule has 2 aromatic carbocycles. The molecule has 0 aliphatic carbocycles. The lowest BCUT2D eigenvalue weighted by atomic mass is 10.2. The van der Waals surface area contributed by atoms with E-state index in [2.05, 4.69) is 27.3 Å². The van der Waals surface area contributed by atoms with Gasteiger partial charge in [-0.05, 0) is 53.8 Å². The van der Waals surface area contributed by atoms with E-state index in [9.17, 15) is 13.2 Å². The van der Waals surface area contributed by atoms with E-state index in [0.29, 0.717) is 11.3 Å². The fourth-order valence-corrected chi connectivity index (χ4v) is 3.46. The molecule has 4 nitrogen and oxygen atoms in total. The lowest BCUT2D eigenvalue weighted by molar-refractivity contribution is 0.101. The molecule has 1 N–H and O–H groups in total. The summed E-state index contributed by atoms with van der Waals surface area (Å²) in [6, 6.07) is 13.1. The quantitative estimate of drug-likeness (QED) is 0.632. The highest BCUT2D eigenvalue weighted by molar-refractivity contribution is 14.1. The zero-order valence-corrected chi connectivity index (χ0v) is 13.6. The van der Waals surface area contributed by atoms with Crippen LogP contribution in [0.3, 0.4) is 0 Å².